The Bertz CT molecular complexity index is 276. The van der Waals surface area contributed by atoms with Gasteiger partial charge in [-0.25, -0.2) is 0 Å². The Labute approximate surface area is 112 Å². The van der Waals surface area contributed by atoms with E-state index in [1.807, 2.05) is 0 Å². The quantitative estimate of drug-likeness (QED) is 0.811. The first-order chi connectivity index (χ1) is 8.92. The topological polar surface area (TPSA) is 32.3 Å². The van der Waals surface area contributed by atoms with E-state index in [0.29, 0.717) is 18.8 Å². The molecular weight excluding hydrogens is 257 g/mol. The number of carbonyl (C=O) groups is 1. The van der Waals surface area contributed by atoms with Crippen molar-refractivity contribution in [1.29, 1.82) is 0 Å². The Balaban J connectivity index is 2.38. The van der Waals surface area contributed by atoms with Crippen LogP contribution in [0.15, 0.2) is 0 Å². The summed E-state index contributed by atoms with van der Waals surface area (Å²) >= 11 is 0. The zero-order valence-electron chi connectivity index (χ0n) is 11.4. The second-order valence-electron chi connectivity index (χ2n) is 5.16. The summed E-state index contributed by atoms with van der Waals surface area (Å²) in [5.74, 6) is 0.109. The van der Waals surface area contributed by atoms with Crippen molar-refractivity contribution in [3.05, 3.63) is 0 Å². The van der Waals surface area contributed by atoms with Gasteiger partial charge in [-0.05, 0) is 44.7 Å². The van der Waals surface area contributed by atoms with Crippen LogP contribution in [-0.2, 0) is 4.79 Å². The molecule has 1 aliphatic rings. The van der Waals surface area contributed by atoms with E-state index in [9.17, 15) is 18.0 Å². The molecule has 0 aliphatic carbocycles. The van der Waals surface area contributed by atoms with Gasteiger partial charge < -0.3 is 10.2 Å². The van der Waals surface area contributed by atoms with Crippen LogP contribution >= 0.6 is 0 Å². The second-order valence-corrected chi connectivity index (χ2v) is 5.16. The summed E-state index contributed by atoms with van der Waals surface area (Å²) in [5, 5.41) is 3.23. The summed E-state index contributed by atoms with van der Waals surface area (Å²) < 4.78 is 37.1. The molecule has 0 aromatic carbocycles. The second kappa shape index (κ2) is 7.72. The highest BCUT2D eigenvalue weighted by Gasteiger charge is 2.32. The molecule has 1 aliphatic heterocycles. The van der Waals surface area contributed by atoms with Gasteiger partial charge >= 0.3 is 6.18 Å². The van der Waals surface area contributed by atoms with E-state index in [1.54, 1.807) is 6.92 Å². The van der Waals surface area contributed by atoms with Crippen molar-refractivity contribution in [2.45, 2.75) is 45.2 Å². The van der Waals surface area contributed by atoms with E-state index in [2.05, 4.69) is 5.32 Å². The maximum absolute atomic E-state index is 12.4. The highest BCUT2D eigenvalue weighted by Crippen LogP contribution is 2.21. The van der Waals surface area contributed by atoms with Crippen molar-refractivity contribution < 1.29 is 18.0 Å². The third-order valence-corrected chi connectivity index (χ3v) is 3.44. The normalized spacial score (nSPS) is 17.5. The average Bonchev–Trinajstić information content (AvgIpc) is 2.35. The van der Waals surface area contributed by atoms with Crippen molar-refractivity contribution >= 4 is 5.91 Å². The van der Waals surface area contributed by atoms with Crippen LogP contribution in [-0.4, -0.2) is 43.2 Å². The summed E-state index contributed by atoms with van der Waals surface area (Å²) in [4.78, 5) is 12.8. The third kappa shape index (κ3) is 6.80. The fourth-order valence-corrected chi connectivity index (χ4v) is 2.43. The van der Waals surface area contributed by atoms with Crippen molar-refractivity contribution in [3.63, 3.8) is 0 Å². The molecule has 0 aromatic heterocycles. The van der Waals surface area contributed by atoms with Crippen LogP contribution in [0.2, 0.25) is 0 Å². The van der Waals surface area contributed by atoms with Gasteiger partial charge in [0.05, 0.1) is 0 Å². The first kappa shape index (κ1) is 16.3. The van der Waals surface area contributed by atoms with E-state index in [0.717, 1.165) is 30.8 Å². The van der Waals surface area contributed by atoms with E-state index in [-0.39, 0.29) is 18.9 Å². The summed E-state index contributed by atoms with van der Waals surface area (Å²) in [5.41, 5.74) is 0. The van der Waals surface area contributed by atoms with E-state index >= 15 is 0 Å². The molecule has 0 atom stereocenters. The average molecular weight is 280 g/mol. The van der Waals surface area contributed by atoms with Crippen LogP contribution < -0.4 is 5.32 Å². The van der Waals surface area contributed by atoms with E-state index < -0.39 is 12.7 Å². The predicted octanol–water partition coefficient (Wildman–Crippen LogP) is 2.57. The smallest absolute Gasteiger partial charge is 0.334 e. The number of amides is 1. The highest BCUT2D eigenvalue weighted by atomic mass is 19.4. The molecule has 0 radical (unpaired) electrons. The van der Waals surface area contributed by atoms with Crippen molar-refractivity contribution in [2.75, 3.05) is 26.2 Å². The number of carbonyl (C=O) groups excluding carboxylic acids is 1. The maximum Gasteiger partial charge on any atom is 0.406 e. The summed E-state index contributed by atoms with van der Waals surface area (Å²) in [7, 11) is 0. The molecule has 0 spiro atoms. The fraction of sp³-hybridized carbons (Fsp3) is 0.923. The van der Waals surface area contributed by atoms with Gasteiger partial charge in [-0.1, -0.05) is 6.92 Å². The maximum atomic E-state index is 12.4. The Morgan fingerprint density at radius 1 is 1.32 bits per heavy atom. The minimum atomic E-state index is -4.31. The molecule has 1 saturated heterocycles. The minimum Gasteiger partial charge on any atom is -0.334 e. The van der Waals surface area contributed by atoms with Crippen molar-refractivity contribution in [1.82, 2.24) is 10.2 Å². The Morgan fingerprint density at radius 2 is 1.95 bits per heavy atom. The number of alkyl halides is 3. The molecule has 6 heteroatoms. The first-order valence-corrected chi connectivity index (χ1v) is 6.97. The number of hydrogen-bond acceptors (Lipinski definition) is 2. The van der Waals surface area contributed by atoms with Gasteiger partial charge in [0.2, 0.25) is 5.91 Å². The van der Waals surface area contributed by atoms with E-state index in [4.69, 9.17) is 0 Å². The molecule has 1 heterocycles. The Hall–Kier alpha value is -0.780. The molecule has 1 rings (SSSR count). The monoisotopic (exact) mass is 280 g/mol. The molecule has 1 amide bonds. The Kier molecular flexibility index (Phi) is 6.62. The number of nitrogens with one attached hydrogen (secondary N) is 1. The number of halogens is 3. The SMILES string of the molecule is CCCN(CC(F)(F)F)C(=O)CCC1CCNCC1. The summed E-state index contributed by atoms with van der Waals surface area (Å²) in [6.45, 7) is 2.74. The zero-order valence-corrected chi connectivity index (χ0v) is 11.4. The molecule has 0 saturated carbocycles. The lowest BCUT2D eigenvalue weighted by Crippen LogP contribution is -2.39. The van der Waals surface area contributed by atoms with Crippen LogP contribution in [0.5, 0.6) is 0 Å². The first-order valence-electron chi connectivity index (χ1n) is 6.97. The van der Waals surface area contributed by atoms with Crippen LogP contribution in [0.4, 0.5) is 13.2 Å². The molecule has 1 N–H and O–H groups in total. The van der Waals surface area contributed by atoms with Crippen LogP contribution in [0.1, 0.15) is 39.0 Å². The predicted molar refractivity (Wildman–Crippen MR) is 67.8 cm³/mol. The van der Waals surface area contributed by atoms with Crippen LogP contribution in [0, 0.1) is 5.92 Å². The summed E-state index contributed by atoms with van der Waals surface area (Å²) in [6, 6.07) is 0. The highest BCUT2D eigenvalue weighted by molar-refractivity contribution is 5.76. The van der Waals surface area contributed by atoms with Gasteiger partial charge in [0.25, 0.3) is 0 Å². The van der Waals surface area contributed by atoms with Gasteiger partial charge in [0, 0.05) is 13.0 Å². The molecule has 0 unspecified atom stereocenters. The minimum absolute atomic E-state index is 0.185. The van der Waals surface area contributed by atoms with Crippen LogP contribution in [0.25, 0.3) is 0 Å². The molecule has 112 valence electrons. The Morgan fingerprint density at radius 3 is 2.47 bits per heavy atom. The lowest BCUT2D eigenvalue weighted by atomic mass is 9.93. The fourth-order valence-electron chi connectivity index (χ4n) is 2.43. The summed E-state index contributed by atoms with van der Waals surface area (Å²) in [6.07, 6.45) is -0.783. The van der Waals surface area contributed by atoms with Crippen LogP contribution in [0.3, 0.4) is 0 Å². The molecule has 0 aromatic rings. The molecule has 1 fully saturated rings. The van der Waals surface area contributed by atoms with Gasteiger partial charge in [-0.2, -0.15) is 13.2 Å². The molecular formula is C13H23F3N2O. The lowest BCUT2D eigenvalue weighted by Gasteiger charge is -2.26. The molecule has 19 heavy (non-hydrogen) atoms. The molecule has 3 nitrogen and oxygen atoms in total. The largest absolute Gasteiger partial charge is 0.406 e. The third-order valence-electron chi connectivity index (χ3n) is 3.44. The number of rotatable bonds is 6. The number of nitrogens with zero attached hydrogens (tertiary/aromatic N) is 1. The lowest BCUT2D eigenvalue weighted by molar-refractivity contribution is -0.161. The van der Waals surface area contributed by atoms with Gasteiger partial charge in [0.15, 0.2) is 0 Å². The van der Waals surface area contributed by atoms with Gasteiger partial charge in [0.1, 0.15) is 6.54 Å². The zero-order chi connectivity index (χ0) is 14.3. The standard InChI is InChI=1S/C13H23F3N2O/c1-2-9-18(10-13(14,15)16)12(19)4-3-11-5-7-17-8-6-11/h11,17H,2-10H2,1H3. The number of hydrogen-bond donors (Lipinski definition) is 1. The van der Waals surface area contributed by atoms with E-state index in [1.165, 1.54) is 0 Å². The number of piperidine rings is 1. The van der Waals surface area contributed by atoms with Crippen molar-refractivity contribution in [2.24, 2.45) is 5.92 Å². The van der Waals surface area contributed by atoms with Crippen molar-refractivity contribution in [3.8, 4) is 0 Å². The van der Waals surface area contributed by atoms with Gasteiger partial charge in [-0.15, -0.1) is 0 Å². The molecule has 0 bridgehead atoms. The van der Waals surface area contributed by atoms with Gasteiger partial charge in [-0.3, -0.25) is 4.79 Å².